The van der Waals surface area contributed by atoms with Gasteiger partial charge in [-0.2, -0.15) is 11.8 Å². The van der Waals surface area contributed by atoms with E-state index in [1.807, 2.05) is 11.8 Å². The quantitative estimate of drug-likeness (QED) is 0.560. The predicted molar refractivity (Wildman–Crippen MR) is 98.4 cm³/mol. The van der Waals surface area contributed by atoms with Crippen LogP contribution in [-0.4, -0.2) is 24.6 Å². The third-order valence-electron chi connectivity index (χ3n) is 4.14. The molecule has 0 saturated heterocycles. The van der Waals surface area contributed by atoms with Gasteiger partial charge in [0, 0.05) is 6.04 Å². The maximum absolute atomic E-state index is 3.69. The first-order chi connectivity index (χ1) is 10.1. The van der Waals surface area contributed by atoms with Crippen molar-refractivity contribution >= 4 is 11.8 Å². The summed E-state index contributed by atoms with van der Waals surface area (Å²) in [6.45, 7) is 8.18. The summed E-state index contributed by atoms with van der Waals surface area (Å²) in [5, 5.41) is 3.69. The van der Waals surface area contributed by atoms with Gasteiger partial charge in [0.1, 0.15) is 0 Å². The Balaban J connectivity index is 2.19. The Labute approximate surface area is 136 Å². The molecule has 21 heavy (non-hydrogen) atoms. The second-order valence-corrected chi connectivity index (χ2v) is 7.70. The number of rotatable bonds is 11. The predicted octanol–water partition coefficient (Wildman–Crippen LogP) is 5.26. The molecule has 0 saturated carbocycles. The minimum absolute atomic E-state index is 0.242. The van der Waals surface area contributed by atoms with Gasteiger partial charge < -0.3 is 5.32 Å². The summed E-state index contributed by atoms with van der Waals surface area (Å²) in [6, 6.07) is 11.5. The Morgan fingerprint density at radius 3 is 2.38 bits per heavy atom. The molecule has 1 rings (SSSR count). The third kappa shape index (κ3) is 7.92. The van der Waals surface area contributed by atoms with Crippen LogP contribution in [0.5, 0.6) is 0 Å². The maximum Gasteiger partial charge on any atom is 0.00470 e. The van der Waals surface area contributed by atoms with Crippen molar-refractivity contribution in [2.45, 2.75) is 64.3 Å². The van der Waals surface area contributed by atoms with E-state index in [4.69, 9.17) is 0 Å². The fourth-order valence-electron chi connectivity index (χ4n) is 2.92. The molecule has 0 fully saturated rings. The number of nitrogens with one attached hydrogen (secondary N) is 1. The average Bonchev–Trinajstić information content (AvgIpc) is 2.47. The van der Waals surface area contributed by atoms with Crippen LogP contribution in [0.1, 0.15) is 58.4 Å². The second-order valence-electron chi connectivity index (χ2n) is 6.72. The van der Waals surface area contributed by atoms with Gasteiger partial charge in [-0.3, -0.25) is 0 Å². The van der Waals surface area contributed by atoms with E-state index in [0.29, 0.717) is 6.04 Å². The molecule has 0 aliphatic heterocycles. The Bertz CT molecular complexity index is 361. The van der Waals surface area contributed by atoms with Crippen molar-refractivity contribution in [2.24, 2.45) is 0 Å². The van der Waals surface area contributed by atoms with Gasteiger partial charge in [0.2, 0.25) is 0 Å². The van der Waals surface area contributed by atoms with Crippen LogP contribution in [-0.2, 0) is 5.41 Å². The monoisotopic (exact) mass is 307 g/mol. The van der Waals surface area contributed by atoms with Gasteiger partial charge in [0.15, 0.2) is 0 Å². The molecular weight excluding hydrogens is 274 g/mol. The van der Waals surface area contributed by atoms with Crippen LogP contribution in [0.2, 0.25) is 0 Å². The van der Waals surface area contributed by atoms with Gasteiger partial charge in [0.05, 0.1) is 0 Å². The molecule has 0 heterocycles. The minimum Gasteiger partial charge on any atom is -0.314 e. The second kappa shape index (κ2) is 10.3. The van der Waals surface area contributed by atoms with Crippen molar-refractivity contribution in [3.8, 4) is 0 Å². The van der Waals surface area contributed by atoms with Crippen molar-refractivity contribution in [3.63, 3.8) is 0 Å². The SMILES string of the molecule is CSCCCCCCNC(C)CC(C)(C)c1ccccc1. The molecule has 0 amide bonds. The fourth-order valence-corrected chi connectivity index (χ4v) is 3.41. The zero-order chi connectivity index (χ0) is 15.6. The summed E-state index contributed by atoms with van der Waals surface area (Å²) in [4.78, 5) is 0. The summed E-state index contributed by atoms with van der Waals surface area (Å²) in [5.74, 6) is 1.31. The van der Waals surface area contributed by atoms with Crippen LogP contribution in [0.25, 0.3) is 0 Å². The van der Waals surface area contributed by atoms with Crippen molar-refractivity contribution in [1.29, 1.82) is 0 Å². The van der Waals surface area contributed by atoms with Gasteiger partial charge in [-0.1, -0.05) is 57.0 Å². The minimum atomic E-state index is 0.242. The van der Waals surface area contributed by atoms with Crippen LogP contribution < -0.4 is 5.32 Å². The third-order valence-corrected chi connectivity index (χ3v) is 4.84. The van der Waals surface area contributed by atoms with Crippen LogP contribution in [0.3, 0.4) is 0 Å². The van der Waals surface area contributed by atoms with Gasteiger partial charge in [-0.25, -0.2) is 0 Å². The largest absolute Gasteiger partial charge is 0.314 e. The van der Waals surface area contributed by atoms with Crippen LogP contribution in [0.15, 0.2) is 30.3 Å². The van der Waals surface area contributed by atoms with E-state index >= 15 is 0 Å². The number of hydrogen-bond acceptors (Lipinski definition) is 2. The summed E-state index contributed by atoms with van der Waals surface area (Å²) in [7, 11) is 0. The molecule has 1 aromatic carbocycles. The molecule has 0 aromatic heterocycles. The molecule has 0 bridgehead atoms. The Hall–Kier alpha value is -0.470. The molecule has 1 N–H and O–H groups in total. The number of thioether (sulfide) groups is 1. The van der Waals surface area contributed by atoms with E-state index in [1.54, 1.807) is 0 Å². The lowest BCUT2D eigenvalue weighted by atomic mass is 9.79. The summed E-state index contributed by atoms with van der Waals surface area (Å²) in [6.07, 6.45) is 8.80. The highest BCUT2D eigenvalue weighted by molar-refractivity contribution is 7.98. The first-order valence-electron chi connectivity index (χ1n) is 8.34. The zero-order valence-electron chi connectivity index (χ0n) is 14.3. The van der Waals surface area contributed by atoms with Crippen LogP contribution >= 0.6 is 11.8 Å². The first-order valence-corrected chi connectivity index (χ1v) is 9.73. The van der Waals surface area contributed by atoms with Gasteiger partial charge in [-0.05, 0) is 55.7 Å². The molecule has 120 valence electrons. The fraction of sp³-hybridized carbons (Fsp3) is 0.684. The van der Waals surface area contributed by atoms with Crippen molar-refractivity contribution < 1.29 is 0 Å². The lowest BCUT2D eigenvalue weighted by Crippen LogP contribution is -2.33. The van der Waals surface area contributed by atoms with E-state index in [9.17, 15) is 0 Å². The molecule has 1 atom stereocenters. The van der Waals surface area contributed by atoms with Crippen molar-refractivity contribution in [2.75, 3.05) is 18.6 Å². The first kappa shape index (κ1) is 18.6. The number of benzene rings is 1. The number of unbranched alkanes of at least 4 members (excludes halogenated alkanes) is 3. The lowest BCUT2D eigenvalue weighted by Gasteiger charge is -2.29. The summed E-state index contributed by atoms with van der Waals surface area (Å²) < 4.78 is 0. The Morgan fingerprint density at radius 1 is 1.05 bits per heavy atom. The van der Waals surface area contributed by atoms with Gasteiger partial charge in [0.25, 0.3) is 0 Å². The topological polar surface area (TPSA) is 12.0 Å². The van der Waals surface area contributed by atoms with Gasteiger partial charge >= 0.3 is 0 Å². The van der Waals surface area contributed by atoms with Crippen LogP contribution in [0, 0.1) is 0 Å². The van der Waals surface area contributed by atoms with Gasteiger partial charge in [-0.15, -0.1) is 0 Å². The van der Waals surface area contributed by atoms with Crippen LogP contribution in [0.4, 0.5) is 0 Å². The maximum atomic E-state index is 3.69. The smallest absolute Gasteiger partial charge is 0.00470 e. The molecule has 0 aliphatic carbocycles. The molecule has 2 heteroatoms. The highest BCUT2D eigenvalue weighted by atomic mass is 32.2. The summed E-state index contributed by atoms with van der Waals surface area (Å²) >= 11 is 1.96. The molecule has 0 spiro atoms. The standard InChI is InChI=1S/C19H33NS/c1-17(20-14-10-5-6-11-15-21-4)16-19(2,3)18-12-8-7-9-13-18/h7-9,12-13,17,20H,5-6,10-11,14-16H2,1-4H3. The molecule has 0 aliphatic rings. The van der Waals surface area contributed by atoms with E-state index in [-0.39, 0.29) is 5.41 Å². The molecule has 1 aromatic rings. The number of hydrogen-bond donors (Lipinski definition) is 1. The normalized spacial score (nSPS) is 13.3. The lowest BCUT2D eigenvalue weighted by molar-refractivity contribution is 0.386. The highest BCUT2D eigenvalue weighted by Gasteiger charge is 2.22. The van der Waals surface area contributed by atoms with Crippen molar-refractivity contribution in [1.82, 2.24) is 5.32 Å². The van der Waals surface area contributed by atoms with E-state index in [1.165, 1.54) is 43.4 Å². The van der Waals surface area contributed by atoms with Crippen molar-refractivity contribution in [3.05, 3.63) is 35.9 Å². The summed E-state index contributed by atoms with van der Waals surface area (Å²) in [5.41, 5.74) is 1.68. The molecule has 1 nitrogen and oxygen atoms in total. The highest BCUT2D eigenvalue weighted by Crippen LogP contribution is 2.28. The molecular formula is C19H33NS. The zero-order valence-corrected chi connectivity index (χ0v) is 15.1. The Morgan fingerprint density at radius 2 is 1.71 bits per heavy atom. The molecule has 0 radical (unpaired) electrons. The van der Waals surface area contributed by atoms with E-state index in [2.05, 4.69) is 62.7 Å². The average molecular weight is 308 g/mol. The van der Waals surface area contributed by atoms with E-state index in [0.717, 1.165) is 6.54 Å². The Kier molecular flexibility index (Phi) is 9.10. The molecule has 1 unspecified atom stereocenters. The van der Waals surface area contributed by atoms with E-state index < -0.39 is 0 Å².